The van der Waals surface area contributed by atoms with Crippen molar-refractivity contribution >= 4 is 10.8 Å². The summed E-state index contributed by atoms with van der Waals surface area (Å²) < 4.78 is 12.0. The van der Waals surface area contributed by atoms with Crippen LogP contribution in [0.25, 0.3) is 0 Å². The molecular weight excluding hydrogens is 230 g/mol. The zero-order chi connectivity index (χ0) is 12.5. The summed E-state index contributed by atoms with van der Waals surface area (Å²) in [5.74, 6) is 1.43. The van der Waals surface area contributed by atoms with Gasteiger partial charge in [-0.05, 0) is 24.9 Å². The summed E-state index contributed by atoms with van der Waals surface area (Å²) in [6.45, 7) is 5.31. The minimum absolute atomic E-state index is 0.388. The SMILES string of the molecule is CCCNC(CC)CS(=O)Cc1ccccc1. The van der Waals surface area contributed by atoms with Crippen molar-refractivity contribution in [1.29, 1.82) is 0 Å². The molecule has 0 aliphatic heterocycles. The number of rotatable bonds is 8. The summed E-state index contributed by atoms with van der Waals surface area (Å²) in [7, 11) is -0.767. The molecule has 0 saturated carbocycles. The molecule has 2 atom stereocenters. The van der Waals surface area contributed by atoms with Crippen molar-refractivity contribution in [2.45, 2.75) is 38.5 Å². The molecule has 0 spiro atoms. The van der Waals surface area contributed by atoms with E-state index in [4.69, 9.17) is 0 Å². The van der Waals surface area contributed by atoms with Crippen molar-refractivity contribution in [1.82, 2.24) is 5.32 Å². The molecule has 0 radical (unpaired) electrons. The normalized spacial score (nSPS) is 14.5. The Kier molecular flexibility index (Phi) is 7.13. The molecule has 2 unspecified atom stereocenters. The van der Waals surface area contributed by atoms with Crippen molar-refractivity contribution < 1.29 is 4.21 Å². The average Bonchev–Trinajstić information content (AvgIpc) is 2.35. The molecule has 0 aliphatic carbocycles. The molecule has 96 valence electrons. The van der Waals surface area contributed by atoms with Gasteiger partial charge in [0, 0.05) is 28.3 Å². The van der Waals surface area contributed by atoms with Gasteiger partial charge < -0.3 is 5.32 Å². The molecule has 1 aromatic rings. The summed E-state index contributed by atoms with van der Waals surface area (Å²) in [6.07, 6.45) is 2.17. The lowest BCUT2D eigenvalue weighted by molar-refractivity contribution is 0.533. The molecular formula is C14H23NOS. The van der Waals surface area contributed by atoms with Gasteiger partial charge in [-0.3, -0.25) is 4.21 Å². The minimum atomic E-state index is -0.767. The topological polar surface area (TPSA) is 29.1 Å². The van der Waals surface area contributed by atoms with Gasteiger partial charge in [-0.15, -0.1) is 0 Å². The van der Waals surface area contributed by atoms with E-state index in [1.165, 1.54) is 0 Å². The van der Waals surface area contributed by atoms with E-state index in [0.717, 1.165) is 30.7 Å². The second-order valence-corrected chi connectivity index (χ2v) is 5.80. The third kappa shape index (κ3) is 5.99. The van der Waals surface area contributed by atoms with E-state index in [9.17, 15) is 4.21 Å². The standard InChI is InChI=1S/C14H23NOS/c1-3-10-15-14(4-2)12-17(16)11-13-8-6-5-7-9-13/h5-9,14-15H,3-4,10-12H2,1-2H3. The first-order valence-corrected chi connectivity index (χ1v) is 7.87. The Labute approximate surface area is 107 Å². The predicted octanol–water partition coefficient (Wildman–Crippen LogP) is 2.71. The summed E-state index contributed by atoms with van der Waals surface area (Å²) >= 11 is 0. The summed E-state index contributed by atoms with van der Waals surface area (Å²) in [5.41, 5.74) is 1.16. The molecule has 0 fully saturated rings. The van der Waals surface area contributed by atoms with Crippen molar-refractivity contribution in [3.8, 4) is 0 Å². The molecule has 1 rings (SSSR count). The third-order valence-corrected chi connectivity index (χ3v) is 4.16. The monoisotopic (exact) mass is 253 g/mol. The van der Waals surface area contributed by atoms with Gasteiger partial charge in [0.1, 0.15) is 0 Å². The zero-order valence-corrected chi connectivity index (χ0v) is 11.6. The van der Waals surface area contributed by atoms with Crippen LogP contribution in [0.15, 0.2) is 30.3 Å². The van der Waals surface area contributed by atoms with Crippen molar-refractivity contribution in [3.63, 3.8) is 0 Å². The van der Waals surface area contributed by atoms with E-state index in [-0.39, 0.29) is 0 Å². The van der Waals surface area contributed by atoms with Gasteiger partial charge in [0.05, 0.1) is 0 Å². The number of benzene rings is 1. The van der Waals surface area contributed by atoms with Crippen molar-refractivity contribution in [2.75, 3.05) is 12.3 Å². The Bertz CT molecular complexity index is 326. The second kappa shape index (κ2) is 8.43. The van der Waals surface area contributed by atoms with Crippen molar-refractivity contribution in [2.24, 2.45) is 0 Å². The fraction of sp³-hybridized carbons (Fsp3) is 0.571. The van der Waals surface area contributed by atoms with Crippen molar-refractivity contribution in [3.05, 3.63) is 35.9 Å². The number of hydrogen-bond acceptors (Lipinski definition) is 2. The van der Waals surface area contributed by atoms with Gasteiger partial charge in [0.25, 0.3) is 0 Å². The summed E-state index contributed by atoms with van der Waals surface area (Å²) in [6, 6.07) is 10.5. The van der Waals surface area contributed by atoms with E-state index in [1.807, 2.05) is 30.3 Å². The molecule has 2 nitrogen and oxygen atoms in total. The molecule has 0 bridgehead atoms. The fourth-order valence-corrected chi connectivity index (χ4v) is 3.20. The van der Waals surface area contributed by atoms with Crippen LogP contribution in [0.1, 0.15) is 32.3 Å². The highest BCUT2D eigenvalue weighted by atomic mass is 32.2. The fourth-order valence-electron chi connectivity index (χ4n) is 1.71. The van der Waals surface area contributed by atoms with Crippen LogP contribution < -0.4 is 5.32 Å². The largest absolute Gasteiger partial charge is 0.313 e. The highest BCUT2D eigenvalue weighted by Gasteiger charge is 2.10. The number of nitrogens with one attached hydrogen (secondary N) is 1. The first kappa shape index (κ1) is 14.4. The van der Waals surface area contributed by atoms with E-state index in [0.29, 0.717) is 11.8 Å². The van der Waals surface area contributed by atoms with Crippen LogP contribution in [0.4, 0.5) is 0 Å². The highest BCUT2D eigenvalue weighted by Crippen LogP contribution is 2.05. The van der Waals surface area contributed by atoms with Crippen LogP contribution in [0.5, 0.6) is 0 Å². The molecule has 1 N–H and O–H groups in total. The van der Waals surface area contributed by atoms with Gasteiger partial charge in [-0.2, -0.15) is 0 Å². The maximum absolute atomic E-state index is 12.0. The average molecular weight is 253 g/mol. The van der Waals surface area contributed by atoms with Crippen LogP contribution in [0.3, 0.4) is 0 Å². The van der Waals surface area contributed by atoms with Gasteiger partial charge in [-0.25, -0.2) is 0 Å². The van der Waals surface area contributed by atoms with Gasteiger partial charge >= 0.3 is 0 Å². The van der Waals surface area contributed by atoms with Gasteiger partial charge in [-0.1, -0.05) is 44.2 Å². The van der Waals surface area contributed by atoms with E-state index >= 15 is 0 Å². The quantitative estimate of drug-likeness (QED) is 0.772. The zero-order valence-electron chi connectivity index (χ0n) is 10.8. The van der Waals surface area contributed by atoms with E-state index < -0.39 is 10.8 Å². The summed E-state index contributed by atoms with van der Waals surface area (Å²) in [5, 5.41) is 3.44. The molecule has 17 heavy (non-hydrogen) atoms. The molecule has 1 aromatic carbocycles. The van der Waals surface area contributed by atoms with Crippen LogP contribution in [0, 0.1) is 0 Å². The lowest BCUT2D eigenvalue weighted by atomic mass is 10.2. The van der Waals surface area contributed by atoms with Crippen LogP contribution in [-0.2, 0) is 16.6 Å². The Morgan fingerprint density at radius 1 is 1.24 bits per heavy atom. The summed E-state index contributed by atoms with van der Waals surface area (Å²) in [4.78, 5) is 0. The second-order valence-electron chi connectivity index (χ2n) is 4.30. The first-order chi connectivity index (χ1) is 8.26. The Balaban J connectivity index is 2.37. The van der Waals surface area contributed by atoms with E-state index in [1.54, 1.807) is 0 Å². The highest BCUT2D eigenvalue weighted by molar-refractivity contribution is 7.84. The Morgan fingerprint density at radius 2 is 1.94 bits per heavy atom. The third-order valence-electron chi connectivity index (χ3n) is 2.73. The maximum atomic E-state index is 12.0. The minimum Gasteiger partial charge on any atom is -0.313 e. The van der Waals surface area contributed by atoms with Crippen LogP contribution >= 0.6 is 0 Å². The van der Waals surface area contributed by atoms with Crippen LogP contribution in [0.2, 0.25) is 0 Å². The van der Waals surface area contributed by atoms with Crippen LogP contribution in [-0.4, -0.2) is 22.5 Å². The van der Waals surface area contributed by atoms with Gasteiger partial charge in [0.15, 0.2) is 0 Å². The lowest BCUT2D eigenvalue weighted by Crippen LogP contribution is -2.34. The Hall–Kier alpha value is -0.670. The Morgan fingerprint density at radius 3 is 2.53 bits per heavy atom. The van der Waals surface area contributed by atoms with E-state index in [2.05, 4.69) is 19.2 Å². The molecule has 0 heterocycles. The molecule has 0 aliphatic rings. The molecule has 0 aromatic heterocycles. The molecule has 3 heteroatoms. The molecule has 0 amide bonds. The van der Waals surface area contributed by atoms with Gasteiger partial charge in [0.2, 0.25) is 0 Å². The number of hydrogen-bond donors (Lipinski definition) is 1. The lowest BCUT2D eigenvalue weighted by Gasteiger charge is -2.15. The maximum Gasteiger partial charge on any atom is 0.0486 e. The smallest absolute Gasteiger partial charge is 0.0486 e. The predicted molar refractivity (Wildman–Crippen MR) is 75.5 cm³/mol. The molecule has 0 saturated heterocycles. The first-order valence-electron chi connectivity index (χ1n) is 6.38.